The number of rotatable bonds is 4. The standard InChI is InChI=1S/C25H22ClN3O3/c1-29-14-19(15-5-7-17(26)8-6-15)22(23(30)16-4-3-11-27-13-16)25(29)20-12-18(32-2)9-10-21(20)28-24(25)31/h3-13,19,22H,14H2,1-2H3,(H,28,31). The van der Waals surface area contributed by atoms with Crippen LogP contribution < -0.4 is 10.1 Å². The van der Waals surface area contributed by atoms with Crippen LogP contribution in [-0.2, 0) is 10.3 Å². The summed E-state index contributed by atoms with van der Waals surface area (Å²) >= 11 is 6.12. The lowest BCUT2D eigenvalue weighted by molar-refractivity contribution is -0.126. The summed E-state index contributed by atoms with van der Waals surface area (Å²) in [5, 5.41) is 3.63. The van der Waals surface area contributed by atoms with Crippen LogP contribution in [0.5, 0.6) is 5.75 Å². The van der Waals surface area contributed by atoms with E-state index in [1.807, 2.05) is 54.4 Å². The lowest BCUT2D eigenvalue weighted by atomic mass is 9.70. The van der Waals surface area contributed by atoms with Gasteiger partial charge in [0.1, 0.15) is 11.3 Å². The van der Waals surface area contributed by atoms with E-state index in [4.69, 9.17) is 16.3 Å². The first kappa shape index (κ1) is 20.7. The van der Waals surface area contributed by atoms with E-state index in [0.717, 1.165) is 11.1 Å². The lowest BCUT2D eigenvalue weighted by Crippen LogP contribution is -2.51. The molecule has 6 nitrogen and oxygen atoms in total. The third-order valence-corrected chi connectivity index (χ3v) is 6.94. The quantitative estimate of drug-likeness (QED) is 0.609. The molecule has 0 bridgehead atoms. The van der Waals surface area contributed by atoms with Gasteiger partial charge >= 0.3 is 0 Å². The highest BCUT2D eigenvalue weighted by molar-refractivity contribution is 6.30. The topological polar surface area (TPSA) is 71.5 Å². The normalized spacial score (nSPS) is 24.4. The van der Waals surface area contributed by atoms with Crippen molar-refractivity contribution in [3.8, 4) is 5.75 Å². The highest BCUT2D eigenvalue weighted by Gasteiger charge is 2.64. The van der Waals surface area contributed by atoms with Gasteiger partial charge in [0.25, 0.3) is 0 Å². The molecular formula is C25H22ClN3O3. The molecule has 1 spiro atoms. The molecule has 1 saturated heterocycles. The molecule has 7 heteroatoms. The Morgan fingerprint density at radius 3 is 2.69 bits per heavy atom. The van der Waals surface area contributed by atoms with Crippen LogP contribution in [0.1, 0.15) is 27.4 Å². The van der Waals surface area contributed by atoms with Gasteiger partial charge in [0.05, 0.1) is 13.0 Å². The Balaban J connectivity index is 1.74. The summed E-state index contributed by atoms with van der Waals surface area (Å²) in [6, 6.07) is 16.5. The number of amides is 1. The summed E-state index contributed by atoms with van der Waals surface area (Å²) in [6.07, 6.45) is 3.19. The molecule has 2 aliphatic rings. The molecule has 3 aromatic rings. The number of halogens is 1. The number of likely N-dealkylation sites (N-methyl/N-ethyl adjacent to an activating group) is 1. The van der Waals surface area contributed by atoms with Gasteiger partial charge in [-0.1, -0.05) is 23.7 Å². The van der Waals surface area contributed by atoms with Crippen LogP contribution in [0.4, 0.5) is 5.69 Å². The van der Waals surface area contributed by atoms with Gasteiger partial charge in [0.2, 0.25) is 5.91 Å². The average Bonchev–Trinajstić information content (AvgIpc) is 3.29. The zero-order valence-electron chi connectivity index (χ0n) is 17.7. The third kappa shape index (κ3) is 2.94. The second-order valence-corrected chi connectivity index (χ2v) is 8.69. The Kier molecular flexibility index (Phi) is 4.99. The predicted molar refractivity (Wildman–Crippen MR) is 122 cm³/mol. The first-order valence-electron chi connectivity index (χ1n) is 10.4. The number of likely N-dealkylation sites (tertiary alicyclic amines) is 1. The fraction of sp³-hybridized carbons (Fsp3) is 0.240. The summed E-state index contributed by atoms with van der Waals surface area (Å²) in [4.78, 5) is 33.8. The van der Waals surface area contributed by atoms with Crippen molar-refractivity contribution in [2.75, 3.05) is 26.0 Å². The van der Waals surface area contributed by atoms with Gasteiger partial charge in [-0.15, -0.1) is 0 Å². The maximum absolute atomic E-state index is 14.0. The molecule has 2 aromatic carbocycles. The van der Waals surface area contributed by atoms with E-state index in [1.54, 1.807) is 31.6 Å². The second kappa shape index (κ2) is 7.73. The minimum atomic E-state index is -1.17. The number of Topliss-reactive ketones (excluding diaryl/α,β-unsaturated/α-hetero) is 1. The number of ketones is 1. The number of pyridine rings is 1. The maximum atomic E-state index is 14.0. The smallest absolute Gasteiger partial charge is 0.250 e. The summed E-state index contributed by atoms with van der Waals surface area (Å²) in [5.74, 6) is -0.565. The Hall–Kier alpha value is -3.22. The number of benzene rings is 2. The van der Waals surface area contributed by atoms with Crippen molar-refractivity contribution in [3.05, 3.63) is 88.7 Å². The monoisotopic (exact) mass is 447 g/mol. The molecular weight excluding hydrogens is 426 g/mol. The van der Waals surface area contributed by atoms with Crippen LogP contribution in [0.2, 0.25) is 5.02 Å². The van der Waals surface area contributed by atoms with Crippen LogP contribution in [0.3, 0.4) is 0 Å². The zero-order chi connectivity index (χ0) is 22.5. The van der Waals surface area contributed by atoms with E-state index >= 15 is 0 Å². The summed E-state index contributed by atoms with van der Waals surface area (Å²) in [6.45, 7) is 0.530. The fourth-order valence-corrected chi connectivity index (χ4v) is 5.37. The number of nitrogens with one attached hydrogen (secondary N) is 1. The van der Waals surface area contributed by atoms with Gasteiger partial charge in [0.15, 0.2) is 5.78 Å². The minimum absolute atomic E-state index is 0.117. The molecule has 0 saturated carbocycles. The average molecular weight is 448 g/mol. The van der Waals surface area contributed by atoms with Gasteiger partial charge in [0, 0.05) is 46.7 Å². The van der Waals surface area contributed by atoms with Crippen LogP contribution in [0, 0.1) is 5.92 Å². The van der Waals surface area contributed by atoms with Crippen molar-refractivity contribution in [2.45, 2.75) is 11.5 Å². The molecule has 1 N–H and O–H groups in total. The van der Waals surface area contributed by atoms with Gasteiger partial charge < -0.3 is 10.1 Å². The maximum Gasteiger partial charge on any atom is 0.250 e. The van der Waals surface area contributed by atoms with E-state index in [0.29, 0.717) is 28.6 Å². The number of hydrogen-bond donors (Lipinski definition) is 1. The van der Waals surface area contributed by atoms with E-state index in [2.05, 4.69) is 10.3 Å². The Morgan fingerprint density at radius 2 is 2.00 bits per heavy atom. The number of carbonyl (C=O) groups is 2. The molecule has 1 fully saturated rings. The van der Waals surface area contributed by atoms with Crippen LogP contribution in [-0.4, -0.2) is 42.3 Å². The van der Waals surface area contributed by atoms with Crippen LogP contribution >= 0.6 is 11.6 Å². The first-order valence-corrected chi connectivity index (χ1v) is 10.8. The number of hydrogen-bond acceptors (Lipinski definition) is 5. The number of fused-ring (bicyclic) bond motifs is 2. The van der Waals surface area contributed by atoms with Crippen molar-refractivity contribution >= 4 is 29.0 Å². The molecule has 1 amide bonds. The largest absolute Gasteiger partial charge is 0.497 e. The Bertz CT molecular complexity index is 1200. The van der Waals surface area contributed by atoms with E-state index in [9.17, 15) is 9.59 Å². The minimum Gasteiger partial charge on any atom is -0.497 e. The molecule has 5 rings (SSSR count). The number of methoxy groups -OCH3 is 1. The van der Waals surface area contributed by atoms with E-state index in [-0.39, 0.29) is 17.6 Å². The molecule has 3 heterocycles. The van der Waals surface area contributed by atoms with Crippen molar-refractivity contribution in [2.24, 2.45) is 5.92 Å². The molecule has 32 heavy (non-hydrogen) atoms. The second-order valence-electron chi connectivity index (χ2n) is 8.25. The highest BCUT2D eigenvalue weighted by Crippen LogP contribution is 2.56. The highest BCUT2D eigenvalue weighted by atomic mass is 35.5. The molecule has 2 aliphatic heterocycles. The predicted octanol–water partition coefficient (Wildman–Crippen LogP) is 4.12. The number of ether oxygens (including phenoxy) is 1. The number of aromatic nitrogens is 1. The fourth-order valence-electron chi connectivity index (χ4n) is 5.24. The van der Waals surface area contributed by atoms with Crippen molar-refractivity contribution in [1.29, 1.82) is 0 Å². The van der Waals surface area contributed by atoms with Gasteiger partial charge in [-0.25, -0.2) is 0 Å². The van der Waals surface area contributed by atoms with Crippen molar-refractivity contribution in [1.82, 2.24) is 9.88 Å². The van der Waals surface area contributed by atoms with Gasteiger partial charge in [-0.2, -0.15) is 0 Å². The molecule has 0 aliphatic carbocycles. The third-order valence-electron chi connectivity index (χ3n) is 6.68. The molecule has 1 aromatic heterocycles. The van der Waals surface area contributed by atoms with E-state index in [1.165, 1.54) is 0 Å². The zero-order valence-corrected chi connectivity index (χ0v) is 18.5. The van der Waals surface area contributed by atoms with E-state index < -0.39 is 11.5 Å². The van der Waals surface area contributed by atoms with Gasteiger partial charge in [-0.3, -0.25) is 19.5 Å². The number of anilines is 1. The lowest BCUT2D eigenvalue weighted by Gasteiger charge is -2.35. The Labute approximate surface area is 191 Å². The molecule has 162 valence electrons. The SMILES string of the molecule is COc1ccc2c(c1)C1(C(=O)N2)C(C(=O)c2cccnc2)C(c2ccc(Cl)cc2)CN1C. The molecule has 3 atom stereocenters. The number of nitrogens with zero attached hydrogens (tertiary/aromatic N) is 2. The van der Waals surface area contributed by atoms with Crippen LogP contribution in [0.15, 0.2) is 67.0 Å². The summed E-state index contributed by atoms with van der Waals surface area (Å²) in [7, 11) is 3.49. The number of carbonyl (C=O) groups excluding carboxylic acids is 2. The molecule has 0 radical (unpaired) electrons. The van der Waals surface area contributed by atoms with Crippen LogP contribution in [0.25, 0.3) is 0 Å². The van der Waals surface area contributed by atoms with Crippen molar-refractivity contribution in [3.63, 3.8) is 0 Å². The summed E-state index contributed by atoms with van der Waals surface area (Å²) < 4.78 is 5.45. The molecule has 3 unspecified atom stereocenters. The van der Waals surface area contributed by atoms with Gasteiger partial charge in [-0.05, 0) is 55.1 Å². The Morgan fingerprint density at radius 1 is 1.22 bits per heavy atom. The summed E-state index contributed by atoms with van der Waals surface area (Å²) in [5.41, 5.74) is 1.73. The van der Waals surface area contributed by atoms with Crippen molar-refractivity contribution < 1.29 is 14.3 Å². The first-order chi connectivity index (χ1) is 15.5.